The Morgan fingerprint density at radius 1 is 1.00 bits per heavy atom. The quantitative estimate of drug-likeness (QED) is 0.485. The SMILES string of the molecule is Cc1ccc(-n2c(C)cc(C(=O)CN3C(=O)N[C@]4(CCc5ccccc54)C3=O)c2C)cc1C. The van der Waals surface area contributed by atoms with Gasteiger partial charge in [0, 0.05) is 22.6 Å². The minimum atomic E-state index is -1.05. The zero-order valence-electron chi connectivity index (χ0n) is 19.4. The number of hydrogen-bond acceptors (Lipinski definition) is 3. The van der Waals surface area contributed by atoms with Gasteiger partial charge >= 0.3 is 6.03 Å². The zero-order chi connectivity index (χ0) is 23.5. The molecule has 6 heteroatoms. The van der Waals surface area contributed by atoms with Crippen LogP contribution in [-0.2, 0) is 16.8 Å². The molecule has 0 unspecified atom stereocenters. The van der Waals surface area contributed by atoms with Crippen LogP contribution >= 0.6 is 0 Å². The standard InChI is InChI=1S/C27H27N3O3/c1-16-9-10-21(13-17(16)2)30-18(3)14-22(19(30)4)24(31)15-29-25(32)27(28-26(29)33)12-11-20-7-5-6-8-23(20)27/h5-10,13-14H,11-12,15H2,1-4H3,(H,28,33)/t27-/m0/s1. The average molecular weight is 442 g/mol. The van der Waals surface area contributed by atoms with Crippen LogP contribution in [0.1, 0.15) is 50.4 Å². The molecule has 2 aromatic carbocycles. The van der Waals surface area contributed by atoms with Gasteiger partial charge in [-0.25, -0.2) is 4.79 Å². The Morgan fingerprint density at radius 3 is 2.52 bits per heavy atom. The van der Waals surface area contributed by atoms with Crippen LogP contribution in [0.4, 0.5) is 4.79 Å². The minimum absolute atomic E-state index is 0.245. The number of Topliss-reactive ketones (excluding diaryl/α,β-unsaturated/α-hetero) is 1. The van der Waals surface area contributed by atoms with E-state index in [1.54, 1.807) is 0 Å². The van der Waals surface area contributed by atoms with Crippen molar-refractivity contribution in [1.29, 1.82) is 0 Å². The molecule has 2 aliphatic rings. The van der Waals surface area contributed by atoms with E-state index in [1.165, 1.54) is 11.1 Å². The molecule has 1 atom stereocenters. The summed E-state index contributed by atoms with van der Waals surface area (Å²) < 4.78 is 2.04. The van der Waals surface area contributed by atoms with E-state index in [0.29, 0.717) is 12.0 Å². The van der Waals surface area contributed by atoms with Crippen LogP contribution in [0, 0.1) is 27.7 Å². The largest absolute Gasteiger partial charge is 0.325 e. The van der Waals surface area contributed by atoms with Crippen molar-refractivity contribution in [2.75, 3.05) is 6.54 Å². The second kappa shape index (κ2) is 7.44. The van der Waals surface area contributed by atoms with Crippen molar-refractivity contribution < 1.29 is 14.4 Å². The topological polar surface area (TPSA) is 71.4 Å². The van der Waals surface area contributed by atoms with Gasteiger partial charge in [0.25, 0.3) is 5.91 Å². The number of nitrogens with zero attached hydrogens (tertiary/aromatic N) is 2. The molecule has 6 nitrogen and oxygen atoms in total. The molecule has 1 N–H and O–H groups in total. The van der Waals surface area contributed by atoms with Gasteiger partial charge in [-0.1, -0.05) is 30.3 Å². The van der Waals surface area contributed by atoms with Crippen LogP contribution in [0.5, 0.6) is 0 Å². The number of hydrogen-bond donors (Lipinski definition) is 1. The molecular weight excluding hydrogens is 414 g/mol. The molecule has 5 rings (SSSR count). The van der Waals surface area contributed by atoms with Crippen molar-refractivity contribution in [2.24, 2.45) is 0 Å². The number of aryl methyl sites for hydroxylation is 4. The number of imide groups is 1. The maximum Gasteiger partial charge on any atom is 0.325 e. The molecule has 1 saturated heterocycles. The van der Waals surface area contributed by atoms with Crippen LogP contribution in [0.3, 0.4) is 0 Å². The van der Waals surface area contributed by atoms with Crippen LogP contribution in [-0.4, -0.2) is 33.7 Å². The van der Waals surface area contributed by atoms with Gasteiger partial charge in [0.05, 0.1) is 6.54 Å². The van der Waals surface area contributed by atoms with E-state index in [4.69, 9.17) is 0 Å². The Morgan fingerprint density at radius 2 is 1.76 bits per heavy atom. The summed E-state index contributed by atoms with van der Waals surface area (Å²) in [5, 5.41) is 2.89. The second-order valence-electron chi connectivity index (χ2n) is 9.20. The highest BCUT2D eigenvalue weighted by Gasteiger charge is 2.55. The summed E-state index contributed by atoms with van der Waals surface area (Å²) in [6.45, 7) is 7.71. The number of amides is 3. The smallest absolute Gasteiger partial charge is 0.319 e. The monoisotopic (exact) mass is 441 g/mol. The fourth-order valence-electron chi connectivity index (χ4n) is 5.27. The summed E-state index contributed by atoms with van der Waals surface area (Å²) >= 11 is 0. The Hall–Kier alpha value is -3.67. The number of fused-ring (bicyclic) bond motifs is 2. The van der Waals surface area contributed by atoms with E-state index in [0.717, 1.165) is 39.5 Å². The van der Waals surface area contributed by atoms with Crippen LogP contribution < -0.4 is 5.32 Å². The lowest BCUT2D eigenvalue weighted by atomic mass is 9.92. The molecule has 1 spiro atoms. The molecule has 3 amide bonds. The Balaban J connectivity index is 1.43. The lowest BCUT2D eigenvalue weighted by molar-refractivity contribution is -0.131. The van der Waals surface area contributed by atoms with E-state index >= 15 is 0 Å². The summed E-state index contributed by atoms with van der Waals surface area (Å²) in [4.78, 5) is 40.6. The lowest BCUT2D eigenvalue weighted by Gasteiger charge is -2.22. The summed E-state index contributed by atoms with van der Waals surface area (Å²) in [5.41, 5.74) is 6.48. The first-order valence-electron chi connectivity index (χ1n) is 11.3. The third-order valence-corrected chi connectivity index (χ3v) is 7.20. The minimum Gasteiger partial charge on any atom is -0.319 e. The predicted molar refractivity (Wildman–Crippen MR) is 126 cm³/mol. The number of urea groups is 1. The van der Waals surface area contributed by atoms with Gasteiger partial charge in [0.1, 0.15) is 5.54 Å². The van der Waals surface area contributed by atoms with Gasteiger partial charge in [-0.05, 0) is 81.0 Å². The lowest BCUT2D eigenvalue weighted by Crippen LogP contribution is -2.42. The van der Waals surface area contributed by atoms with Crippen LogP contribution in [0.25, 0.3) is 5.69 Å². The number of benzene rings is 2. The molecule has 1 aliphatic heterocycles. The van der Waals surface area contributed by atoms with Crippen molar-refractivity contribution in [3.63, 3.8) is 0 Å². The van der Waals surface area contributed by atoms with E-state index in [2.05, 4.69) is 31.3 Å². The highest BCUT2D eigenvalue weighted by molar-refractivity contribution is 6.12. The number of carbonyl (C=O) groups is 3. The van der Waals surface area contributed by atoms with E-state index in [9.17, 15) is 14.4 Å². The van der Waals surface area contributed by atoms with Gasteiger partial charge in [-0.2, -0.15) is 0 Å². The van der Waals surface area contributed by atoms with Crippen LogP contribution in [0.2, 0.25) is 0 Å². The van der Waals surface area contributed by atoms with Gasteiger partial charge in [0.15, 0.2) is 5.78 Å². The fourth-order valence-corrected chi connectivity index (χ4v) is 5.27. The summed E-state index contributed by atoms with van der Waals surface area (Å²) in [7, 11) is 0. The van der Waals surface area contributed by atoms with Crippen molar-refractivity contribution in [1.82, 2.24) is 14.8 Å². The molecule has 0 bridgehead atoms. The average Bonchev–Trinajstić information content (AvgIpc) is 3.38. The van der Waals surface area contributed by atoms with Crippen LogP contribution in [0.15, 0.2) is 48.5 Å². The van der Waals surface area contributed by atoms with Gasteiger partial charge in [-0.15, -0.1) is 0 Å². The predicted octanol–water partition coefficient (Wildman–Crippen LogP) is 4.29. The first kappa shape index (κ1) is 21.2. The maximum atomic E-state index is 13.4. The molecule has 1 aromatic heterocycles. The highest BCUT2D eigenvalue weighted by atomic mass is 16.2. The maximum absolute atomic E-state index is 13.4. The second-order valence-corrected chi connectivity index (χ2v) is 9.20. The number of nitrogens with one attached hydrogen (secondary N) is 1. The van der Waals surface area contributed by atoms with Gasteiger partial charge in [-0.3, -0.25) is 14.5 Å². The molecule has 1 aliphatic carbocycles. The van der Waals surface area contributed by atoms with Crippen molar-refractivity contribution in [2.45, 2.75) is 46.1 Å². The van der Waals surface area contributed by atoms with E-state index in [-0.39, 0.29) is 18.2 Å². The highest BCUT2D eigenvalue weighted by Crippen LogP contribution is 2.41. The fraction of sp³-hybridized carbons (Fsp3) is 0.296. The number of rotatable bonds is 4. The summed E-state index contributed by atoms with van der Waals surface area (Å²) in [6.07, 6.45) is 1.24. The number of carbonyl (C=O) groups excluding carboxylic acids is 3. The molecule has 33 heavy (non-hydrogen) atoms. The van der Waals surface area contributed by atoms with Crippen molar-refractivity contribution in [3.8, 4) is 5.69 Å². The molecule has 168 valence electrons. The molecule has 1 fully saturated rings. The molecule has 0 radical (unpaired) electrons. The zero-order valence-corrected chi connectivity index (χ0v) is 19.4. The van der Waals surface area contributed by atoms with E-state index in [1.807, 2.05) is 54.8 Å². The number of aromatic nitrogens is 1. The molecular formula is C27H27N3O3. The third-order valence-electron chi connectivity index (χ3n) is 7.20. The van der Waals surface area contributed by atoms with Gasteiger partial charge < -0.3 is 9.88 Å². The molecule has 3 aromatic rings. The first-order chi connectivity index (χ1) is 15.7. The molecule has 2 heterocycles. The summed E-state index contributed by atoms with van der Waals surface area (Å²) in [5.74, 6) is -0.584. The van der Waals surface area contributed by atoms with Gasteiger partial charge in [0.2, 0.25) is 0 Å². The normalized spacial score (nSPS) is 19.3. The Bertz CT molecular complexity index is 1340. The third kappa shape index (κ3) is 3.12. The Labute approximate surface area is 193 Å². The number of ketones is 1. The first-order valence-corrected chi connectivity index (χ1v) is 11.3. The van der Waals surface area contributed by atoms with Crippen molar-refractivity contribution in [3.05, 3.63) is 87.7 Å². The van der Waals surface area contributed by atoms with Crippen molar-refractivity contribution >= 4 is 17.7 Å². The Kier molecular flexibility index (Phi) is 4.78. The van der Waals surface area contributed by atoms with E-state index < -0.39 is 11.6 Å². The molecule has 0 saturated carbocycles. The summed E-state index contributed by atoms with van der Waals surface area (Å²) in [6, 6.07) is 15.2.